The average Bonchev–Trinajstić information content (AvgIpc) is 3.17. The zero-order chi connectivity index (χ0) is 21.1. The molecule has 1 aliphatic heterocycles. The maximum absolute atomic E-state index is 12.4. The normalized spacial score (nSPS) is 15.6. The van der Waals surface area contributed by atoms with Gasteiger partial charge in [0.05, 0.1) is 24.2 Å². The molecule has 2 heterocycles. The van der Waals surface area contributed by atoms with Crippen molar-refractivity contribution in [2.24, 2.45) is 0 Å². The molecule has 1 aliphatic rings. The van der Waals surface area contributed by atoms with E-state index in [1.165, 1.54) is 0 Å². The largest absolute Gasteiger partial charge is 0.349 e. The molecule has 0 saturated heterocycles. The van der Waals surface area contributed by atoms with Gasteiger partial charge in [-0.15, -0.1) is 0 Å². The number of hydrogen-bond donors (Lipinski definition) is 3. The van der Waals surface area contributed by atoms with Crippen LogP contribution in [-0.4, -0.2) is 33.9 Å². The molecule has 1 atom stereocenters. The Hall–Kier alpha value is -3.72. The molecule has 1 aromatic heterocycles. The monoisotopic (exact) mass is 425 g/mol. The lowest BCUT2D eigenvalue weighted by Crippen LogP contribution is -2.44. The Bertz CT molecular complexity index is 1110. The quantitative estimate of drug-likeness (QED) is 0.575. The molecule has 0 saturated carbocycles. The summed E-state index contributed by atoms with van der Waals surface area (Å²) in [7, 11) is 0. The summed E-state index contributed by atoms with van der Waals surface area (Å²) in [5.41, 5.74) is 1.45. The first-order chi connectivity index (χ1) is 14.5. The van der Waals surface area contributed by atoms with Gasteiger partial charge < -0.3 is 20.5 Å². The lowest BCUT2D eigenvalue weighted by atomic mass is 10.1. The van der Waals surface area contributed by atoms with Crippen molar-refractivity contribution in [3.8, 4) is 11.5 Å². The number of amides is 3. The second-order valence-corrected chi connectivity index (χ2v) is 7.00. The Labute approximate surface area is 175 Å². The van der Waals surface area contributed by atoms with Gasteiger partial charge >= 0.3 is 0 Å². The zero-order valence-corrected chi connectivity index (χ0v) is 16.3. The highest BCUT2D eigenvalue weighted by Crippen LogP contribution is 2.20. The predicted molar refractivity (Wildman–Crippen MR) is 108 cm³/mol. The number of halogens is 1. The summed E-state index contributed by atoms with van der Waals surface area (Å²) in [6, 6.07) is 12.5. The van der Waals surface area contributed by atoms with Gasteiger partial charge in [0.25, 0.3) is 11.8 Å². The number of fused-ring (bicyclic) bond motifs is 1. The fraction of sp³-hybridized carbons (Fsp3) is 0.150. The van der Waals surface area contributed by atoms with Crippen molar-refractivity contribution in [1.29, 1.82) is 0 Å². The zero-order valence-electron chi connectivity index (χ0n) is 15.5. The van der Waals surface area contributed by atoms with E-state index in [1.54, 1.807) is 48.5 Å². The Balaban J connectivity index is 1.35. The first-order valence-corrected chi connectivity index (χ1v) is 9.43. The number of rotatable bonds is 5. The average molecular weight is 426 g/mol. The fourth-order valence-electron chi connectivity index (χ4n) is 2.93. The van der Waals surface area contributed by atoms with Crippen LogP contribution in [0.5, 0.6) is 0 Å². The first-order valence-electron chi connectivity index (χ1n) is 9.05. The molecule has 0 aliphatic carbocycles. The van der Waals surface area contributed by atoms with Crippen LogP contribution in [-0.2, 0) is 16.1 Å². The molecule has 4 rings (SSSR count). The molecule has 30 heavy (non-hydrogen) atoms. The van der Waals surface area contributed by atoms with E-state index in [-0.39, 0.29) is 18.8 Å². The van der Waals surface area contributed by atoms with Gasteiger partial charge in [-0.3, -0.25) is 14.4 Å². The van der Waals surface area contributed by atoms with E-state index in [4.69, 9.17) is 16.1 Å². The van der Waals surface area contributed by atoms with E-state index >= 15 is 0 Å². The maximum atomic E-state index is 12.4. The number of benzene rings is 2. The summed E-state index contributed by atoms with van der Waals surface area (Å²) in [6.45, 7) is 0.0123. The van der Waals surface area contributed by atoms with Crippen molar-refractivity contribution in [2.75, 3.05) is 5.32 Å². The van der Waals surface area contributed by atoms with Crippen molar-refractivity contribution in [3.05, 3.63) is 64.9 Å². The second kappa shape index (κ2) is 8.34. The highest BCUT2D eigenvalue weighted by atomic mass is 35.5. The molecule has 10 heteroatoms. The standard InChI is InChI=1S/C20H16ClN5O4/c21-12-7-5-11(6-8-12)20-25-16(26-30-20)10-22-17(27)9-15-19(29)23-14-4-2-1-3-13(14)18(28)24-15/h1-8,15H,9-10H2,(H,22,27)(H,23,29)(H,24,28)/t15-/m1/s1. The maximum Gasteiger partial charge on any atom is 0.257 e. The van der Waals surface area contributed by atoms with Crippen LogP contribution in [0.1, 0.15) is 22.6 Å². The number of carbonyl (C=O) groups is 3. The van der Waals surface area contributed by atoms with Crippen LogP contribution in [0.4, 0.5) is 5.69 Å². The smallest absolute Gasteiger partial charge is 0.257 e. The molecule has 152 valence electrons. The Morgan fingerprint density at radius 1 is 1.13 bits per heavy atom. The van der Waals surface area contributed by atoms with E-state index in [1.807, 2.05) is 0 Å². The molecular weight excluding hydrogens is 410 g/mol. The SMILES string of the molecule is O=C(C[C@H]1NC(=O)c2ccccc2NC1=O)NCc1noc(-c2ccc(Cl)cc2)n1. The summed E-state index contributed by atoms with van der Waals surface area (Å²) in [5.74, 6) is -0.765. The van der Waals surface area contributed by atoms with E-state index in [2.05, 4.69) is 26.1 Å². The van der Waals surface area contributed by atoms with Crippen LogP contribution in [0.15, 0.2) is 53.1 Å². The summed E-state index contributed by atoms with van der Waals surface area (Å²) in [4.78, 5) is 41.2. The van der Waals surface area contributed by atoms with E-state index < -0.39 is 23.8 Å². The Morgan fingerprint density at radius 2 is 1.90 bits per heavy atom. The van der Waals surface area contributed by atoms with Crippen LogP contribution >= 0.6 is 11.6 Å². The lowest BCUT2D eigenvalue weighted by Gasteiger charge is -2.13. The summed E-state index contributed by atoms with van der Waals surface area (Å²) < 4.78 is 5.18. The second-order valence-electron chi connectivity index (χ2n) is 6.56. The van der Waals surface area contributed by atoms with Gasteiger partial charge in [0, 0.05) is 10.6 Å². The minimum Gasteiger partial charge on any atom is -0.349 e. The number of anilines is 1. The lowest BCUT2D eigenvalue weighted by molar-refractivity contribution is -0.125. The first kappa shape index (κ1) is 19.6. The minimum atomic E-state index is -1.00. The third-order valence-electron chi connectivity index (χ3n) is 4.44. The molecule has 0 bridgehead atoms. The van der Waals surface area contributed by atoms with Crippen LogP contribution in [0.3, 0.4) is 0 Å². The topological polar surface area (TPSA) is 126 Å². The molecule has 3 N–H and O–H groups in total. The van der Waals surface area contributed by atoms with Crippen molar-refractivity contribution < 1.29 is 18.9 Å². The number of carbonyl (C=O) groups excluding carboxylic acids is 3. The fourth-order valence-corrected chi connectivity index (χ4v) is 3.05. The van der Waals surface area contributed by atoms with E-state index in [9.17, 15) is 14.4 Å². The molecule has 2 aromatic carbocycles. The van der Waals surface area contributed by atoms with Gasteiger partial charge in [0.15, 0.2) is 5.82 Å². The van der Waals surface area contributed by atoms with Crippen LogP contribution in [0, 0.1) is 0 Å². The molecule has 3 amide bonds. The number of nitrogens with one attached hydrogen (secondary N) is 3. The predicted octanol–water partition coefficient (Wildman–Crippen LogP) is 2.15. The van der Waals surface area contributed by atoms with Gasteiger partial charge in [0.2, 0.25) is 11.8 Å². The molecular formula is C20H16ClN5O4. The highest BCUT2D eigenvalue weighted by molar-refractivity contribution is 6.30. The minimum absolute atomic E-state index is 0.0123. The molecule has 0 spiro atoms. The summed E-state index contributed by atoms with van der Waals surface area (Å²) in [5, 5.41) is 12.3. The van der Waals surface area contributed by atoms with Gasteiger partial charge in [0.1, 0.15) is 6.04 Å². The van der Waals surface area contributed by atoms with E-state index in [0.29, 0.717) is 27.7 Å². The number of aromatic nitrogens is 2. The van der Waals surface area contributed by atoms with Crippen molar-refractivity contribution in [1.82, 2.24) is 20.8 Å². The number of hydrogen-bond acceptors (Lipinski definition) is 6. The van der Waals surface area contributed by atoms with Crippen molar-refractivity contribution in [2.45, 2.75) is 19.0 Å². The van der Waals surface area contributed by atoms with Gasteiger partial charge in [-0.05, 0) is 36.4 Å². The van der Waals surface area contributed by atoms with Crippen LogP contribution in [0.2, 0.25) is 5.02 Å². The third-order valence-corrected chi connectivity index (χ3v) is 4.70. The third kappa shape index (κ3) is 4.31. The molecule has 3 aromatic rings. The molecule has 9 nitrogen and oxygen atoms in total. The van der Waals surface area contributed by atoms with Crippen molar-refractivity contribution in [3.63, 3.8) is 0 Å². The van der Waals surface area contributed by atoms with Gasteiger partial charge in [-0.25, -0.2) is 0 Å². The molecule has 0 radical (unpaired) electrons. The molecule has 0 fully saturated rings. The highest BCUT2D eigenvalue weighted by Gasteiger charge is 2.29. The van der Waals surface area contributed by atoms with Crippen LogP contribution < -0.4 is 16.0 Å². The Morgan fingerprint density at radius 3 is 2.70 bits per heavy atom. The van der Waals surface area contributed by atoms with Gasteiger partial charge in [-0.2, -0.15) is 4.98 Å². The molecule has 0 unspecified atom stereocenters. The van der Waals surface area contributed by atoms with Gasteiger partial charge in [-0.1, -0.05) is 28.9 Å². The van der Waals surface area contributed by atoms with E-state index in [0.717, 1.165) is 0 Å². The van der Waals surface area contributed by atoms with Crippen molar-refractivity contribution >= 4 is 35.0 Å². The summed E-state index contributed by atoms with van der Waals surface area (Å²) in [6.07, 6.45) is -0.229. The summed E-state index contributed by atoms with van der Waals surface area (Å²) >= 11 is 5.86. The van der Waals surface area contributed by atoms with Crippen LogP contribution in [0.25, 0.3) is 11.5 Å². The Kier molecular flexibility index (Phi) is 5.44. The number of para-hydroxylation sites is 1. The number of nitrogens with zero attached hydrogens (tertiary/aromatic N) is 2.